The average Bonchev–Trinajstić information content (AvgIpc) is 1.85. The molecule has 0 aliphatic rings. The van der Waals surface area contributed by atoms with Crippen molar-refractivity contribution in [2.75, 3.05) is 0 Å². The highest BCUT2D eigenvalue weighted by atomic mass is 16.2. The smallest absolute Gasteiger partial charge is 0.226 e. The van der Waals surface area contributed by atoms with Crippen molar-refractivity contribution in [2.24, 2.45) is 5.92 Å². The molecule has 0 bridgehead atoms. The van der Waals surface area contributed by atoms with Crippen LogP contribution >= 0.6 is 0 Å². The predicted molar refractivity (Wildman–Crippen MR) is 42.9 cm³/mol. The van der Waals surface area contributed by atoms with Gasteiger partial charge in [-0.3, -0.25) is 14.9 Å². The van der Waals surface area contributed by atoms with Gasteiger partial charge in [-0.05, 0) is 5.92 Å². The normalized spacial score (nSPS) is 12.3. The van der Waals surface area contributed by atoms with Crippen LogP contribution in [0.25, 0.3) is 0 Å². The molecule has 0 rings (SSSR count). The molecule has 0 saturated heterocycles. The number of imide groups is 1. The van der Waals surface area contributed by atoms with Gasteiger partial charge in [-0.2, -0.15) is 0 Å². The van der Waals surface area contributed by atoms with E-state index in [0.717, 1.165) is 6.42 Å². The van der Waals surface area contributed by atoms with Crippen LogP contribution in [0.4, 0.5) is 0 Å². The molecule has 0 aromatic carbocycles. The van der Waals surface area contributed by atoms with E-state index in [9.17, 15) is 9.59 Å². The molecule has 0 aromatic heterocycles. The zero-order chi connectivity index (χ0) is 8.85. The van der Waals surface area contributed by atoms with Crippen molar-refractivity contribution < 1.29 is 9.59 Å². The quantitative estimate of drug-likeness (QED) is 0.666. The molecular formula is C8H15NO2. The first-order valence-electron chi connectivity index (χ1n) is 3.86. The molecule has 2 amide bonds. The summed E-state index contributed by atoms with van der Waals surface area (Å²) in [6, 6.07) is 0. The largest absolute Gasteiger partial charge is 0.297 e. The zero-order valence-corrected chi connectivity index (χ0v) is 7.31. The Morgan fingerprint density at radius 1 is 1.45 bits per heavy atom. The molecule has 0 radical (unpaired) electrons. The summed E-state index contributed by atoms with van der Waals surface area (Å²) in [6.45, 7) is 5.35. The molecule has 3 nitrogen and oxygen atoms in total. The summed E-state index contributed by atoms with van der Waals surface area (Å²) in [5.41, 5.74) is 0. The molecule has 0 aliphatic heterocycles. The summed E-state index contributed by atoms with van der Waals surface area (Å²) in [4.78, 5) is 21.3. The molecule has 1 unspecified atom stereocenters. The van der Waals surface area contributed by atoms with E-state index >= 15 is 0 Å². The van der Waals surface area contributed by atoms with Gasteiger partial charge >= 0.3 is 0 Å². The first-order valence-corrected chi connectivity index (χ1v) is 3.86. The molecule has 1 N–H and O–H groups in total. The van der Waals surface area contributed by atoms with Gasteiger partial charge in [0.15, 0.2) is 0 Å². The fourth-order valence-electron chi connectivity index (χ4n) is 0.708. The van der Waals surface area contributed by atoms with E-state index < -0.39 is 0 Å². The van der Waals surface area contributed by atoms with Gasteiger partial charge in [-0.1, -0.05) is 20.3 Å². The maximum atomic E-state index is 10.9. The highest BCUT2D eigenvalue weighted by molar-refractivity contribution is 5.93. The summed E-state index contributed by atoms with van der Waals surface area (Å²) >= 11 is 0. The molecule has 0 heterocycles. The van der Waals surface area contributed by atoms with Gasteiger partial charge < -0.3 is 0 Å². The van der Waals surface area contributed by atoms with E-state index in [1.54, 1.807) is 0 Å². The third kappa shape index (κ3) is 5.58. The van der Waals surface area contributed by atoms with E-state index in [-0.39, 0.29) is 11.8 Å². The maximum Gasteiger partial charge on any atom is 0.226 e. The monoisotopic (exact) mass is 157 g/mol. The summed E-state index contributed by atoms with van der Waals surface area (Å²) in [5, 5.41) is 2.23. The van der Waals surface area contributed by atoms with Crippen molar-refractivity contribution in [2.45, 2.75) is 33.6 Å². The van der Waals surface area contributed by atoms with Crippen molar-refractivity contribution in [3.63, 3.8) is 0 Å². The van der Waals surface area contributed by atoms with Gasteiger partial charge in [0.05, 0.1) is 0 Å². The predicted octanol–water partition coefficient (Wildman–Crippen LogP) is 1.09. The van der Waals surface area contributed by atoms with E-state index in [4.69, 9.17) is 0 Å². The van der Waals surface area contributed by atoms with Crippen molar-refractivity contribution in [3.8, 4) is 0 Å². The Balaban J connectivity index is 3.60. The second-order valence-corrected chi connectivity index (χ2v) is 2.82. The van der Waals surface area contributed by atoms with Crippen LogP contribution in [-0.2, 0) is 9.59 Å². The first-order chi connectivity index (χ1) is 5.06. The highest BCUT2D eigenvalue weighted by Gasteiger charge is 2.07. The topological polar surface area (TPSA) is 46.2 Å². The number of carbonyl (C=O) groups excluding carboxylic acids is 2. The van der Waals surface area contributed by atoms with Crippen molar-refractivity contribution >= 4 is 11.8 Å². The highest BCUT2D eigenvalue weighted by Crippen LogP contribution is 2.04. The van der Waals surface area contributed by atoms with E-state index in [0.29, 0.717) is 12.3 Å². The Kier molecular flexibility index (Phi) is 4.50. The molecule has 0 fully saturated rings. The minimum Gasteiger partial charge on any atom is -0.297 e. The number of hydrogen-bond donors (Lipinski definition) is 1. The van der Waals surface area contributed by atoms with Crippen LogP contribution in [-0.4, -0.2) is 11.8 Å². The summed E-state index contributed by atoms with van der Waals surface area (Å²) in [7, 11) is 0. The third-order valence-electron chi connectivity index (χ3n) is 1.55. The second-order valence-electron chi connectivity index (χ2n) is 2.82. The number of rotatable bonds is 3. The van der Waals surface area contributed by atoms with Gasteiger partial charge in [0.25, 0.3) is 0 Å². The van der Waals surface area contributed by atoms with Gasteiger partial charge in [-0.25, -0.2) is 0 Å². The molecule has 0 aliphatic carbocycles. The van der Waals surface area contributed by atoms with Gasteiger partial charge in [0.1, 0.15) is 0 Å². The lowest BCUT2D eigenvalue weighted by Gasteiger charge is -2.06. The molecule has 0 spiro atoms. The van der Waals surface area contributed by atoms with Crippen LogP contribution < -0.4 is 5.32 Å². The summed E-state index contributed by atoms with van der Waals surface area (Å²) < 4.78 is 0. The van der Waals surface area contributed by atoms with Crippen LogP contribution in [0.3, 0.4) is 0 Å². The minimum absolute atomic E-state index is 0.174. The van der Waals surface area contributed by atoms with Crippen LogP contribution in [0.2, 0.25) is 0 Å². The summed E-state index contributed by atoms with van der Waals surface area (Å²) in [6.07, 6.45) is 1.40. The lowest BCUT2D eigenvalue weighted by atomic mass is 10.1. The molecule has 1 atom stereocenters. The maximum absolute atomic E-state index is 10.9. The van der Waals surface area contributed by atoms with Crippen molar-refractivity contribution in [1.82, 2.24) is 5.32 Å². The molecule has 0 aromatic rings. The van der Waals surface area contributed by atoms with Crippen LogP contribution in [0, 0.1) is 5.92 Å². The first kappa shape index (κ1) is 10.1. The van der Waals surface area contributed by atoms with E-state index in [2.05, 4.69) is 5.32 Å². The minimum atomic E-state index is -0.279. The Bertz CT molecular complexity index is 154. The molecule has 64 valence electrons. The Morgan fingerprint density at radius 3 is 2.36 bits per heavy atom. The lowest BCUT2D eigenvalue weighted by molar-refractivity contribution is -0.129. The lowest BCUT2D eigenvalue weighted by Crippen LogP contribution is -2.29. The Morgan fingerprint density at radius 2 is 2.00 bits per heavy atom. The number of carbonyl (C=O) groups is 2. The average molecular weight is 157 g/mol. The Hall–Kier alpha value is -0.860. The van der Waals surface area contributed by atoms with Crippen LogP contribution in [0.15, 0.2) is 0 Å². The fraction of sp³-hybridized carbons (Fsp3) is 0.750. The SMILES string of the molecule is CCC(C)CC(=O)NC(C)=O. The van der Waals surface area contributed by atoms with Crippen molar-refractivity contribution in [1.29, 1.82) is 0 Å². The van der Waals surface area contributed by atoms with Crippen LogP contribution in [0.1, 0.15) is 33.6 Å². The summed E-state index contributed by atoms with van der Waals surface area (Å²) in [5.74, 6) is -0.0977. The zero-order valence-electron chi connectivity index (χ0n) is 7.31. The fourth-order valence-corrected chi connectivity index (χ4v) is 0.708. The number of hydrogen-bond acceptors (Lipinski definition) is 2. The molecule has 3 heteroatoms. The molecule has 11 heavy (non-hydrogen) atoms. The van der Waals surface area contributed by atoms with Gasteiger partial charge in [0, 0.05) is 13.3 Å². The standard InChI is InChI=1S/C8H15NO2/c1-4-6(2)5-8(11)9-7(3)10/h6H,4-5H2,1-3H3,(H,9,10,11). The van der Waals surface area contributed by atoms with Gasteiger partial charge in [0.2, 0.25) is 11.8 Å². The van der Waals surface area contributed by atoms with Gasteiger partial charge in [-0.15, -0.1) is 0 Å². The number of amides is 2. The van der Waals surface area contributed by atoms with Crippen LogP contribution in [0.5, 0.6) is 0 Å². The van der Waals surface area contributed by atoms with Crippen molar-refractivity contribution in [3.05, 3.63) is 0 Å². The number of nitrogens with one attached hydrogen (secondary N) is 1. The van der Waals surface area contributed by atoms with E-state index in [1.165, 1.54) is 6.92 Å². The molecule has 0 saturated carbocycles. The van der Waals surface area contributed by atoms with E-state index in [1.807, 2.05) is 13.8 Å². The molecular weight excluding hydrogens is 142 g/mol. The second kappa shape index (κ2) is 4.88. The Labute approximate surface area is 67.2 Å². The third-order valence-corrected chi connectivity index (χ3v) is 1.55.